The molecule has 1 saturated carbocycles. The summed E-state index contributed by atoms with van der Waals surface area (Å²) in [7, 11) is -3.85. The molecule has 0 unspecified atom stereocenters. The highest BCUT2D eigenvalue weighted by Gasteiger charge is 2.31. The quantitative estimate of drug-likeness (QED) is 0.327. The molecule has 0 spiro atoms. The number of sulfonamides is 1. The van der Waals surface area contributed by atoms with E-state index in [0.29, 0.717) is 28.1 Å². The maximum atomic E-state index is 13.3. The fourth-order valence-electron chi connectivity index (χ4n) is 3.84. The Balaban J connectivity index is 1.53. The van der Waals surface area contributed by atoms with Crippen molar-refractivity contribution >= 4 is 27.0 Å². The molecule has 4 heterocycles. The molecule has 4 aromatic rings. The van der Waals surface area contributed by atoms with Crippen molar-refractivity contribution in [2.24, 2.45) is 5.14 Å². The standard InChI is InChI=1S/C22H23N9O4S/c1-11(2)31-20-15(9-26-18(30-20)16-17(12-3-4-12)27-10-28-21(16)32)29-19(22(31)33)25-7-13-5-6-14(8-24-13)36(23,34)35/h5-6,8-12H,3-4,7H2,1-2H3,(H,25,29)(H2,23,34,35)(H,27,28,32). The minimum absolute atomic E-state index is 0.0643. The zero-order chi connectivity index (χ0) is 25.6. The molecule has 13 nitrogen and oxygen atoms in total. The SMILES string of the molecule is CC(C)n1c(=O)c(NCc2ccc(S(N)(=O)=O)cn2)nc2cnc(-c3c(O)ncnc3C3CC3)nc21. The van der Waals surface area contributed by atoms with Crippen LogP contribution in [0.3, 0.4) is 0 Å². The van der Waals surface area contributed by atoms with Crippen molar-refractivity contribution in [2.45, 2.75) is 50.1 Å². The largest absolute Gasteiger partial charge is 0.493 e. The first-order valence-corrected chi connectivity index (χ1v) is 12.7. The first-order valence-electron chi connectivity index (χ1n) is 11.2. The molecule has 5 rings (SSSR count). The van der Waals surface area contributed by atoms with Gasteiger partial charge < -0.3 is 10.4 Å². The minimum atomic E-state index is -3.85. The average Bonchev–Trinajstić information content (AvgIpc) is 3.67. The summed E-state index contributed by atoms with van der Waals surface area (Å²) in [5, 5.41) is 18.5. The van der Waals surface area contributed by atoms with Gasteiger partial charge in [0.15, 0.2) is 17.3 Å². The number of hydrogen-bond donors (Lipinski definition) is 3. The second kappa shape index (κ2) is 8.87. The van der Waals surface area contributed by atoms with E-state index in [9.17, 15) is 18.3 Å². The number of nitrogens with two attached hydrogens (primary N) is 1. The van der Waals surface area contributed by atoms with Crippen LogP contribution < -0.4 is 16.0 Å². The normalized spacial score (nSPS) is 13.9. The first kappa shape index (κ1) is 23.7. The summed E-state index contributed by atoms with van der Waals surface area (Å²) in [4.78, 5) is 38.9. The highest BCUT2D eigenvalue weighted by molar-refractivity contribution is 7.89. The van der Waals surface area contributed by atoms with Gasteiger partial charge in [0, 0.05) is 18.2 Å². The molecule has 4 aromatic heterocycles. The van der Waals surface area contributed by atoms with Crippen molar-refractivity contribution in [1.82, 2.24) is 34.5 Å². The van der Waals surface area contributed by atoms with Gasteiger partial charge in [0.1, 0.15) is 22.3 Å². The van der Waals surface area contributed by atoms with Crippen molar-refractivity contribution in [3.8, 4) is 17.3 Å². The third kappa shape index (κ3) is 4.47. The summed E-state index contributed by atoms with van der Waals surface area (Å²) in [5.41, 5.74) is 1.81. The summed E-state index contributed by atoms with van der Waals surface area (Å²) in [6.07, 6.45) is 5.88. The van der Waals surface area contributed by atoms with Crippen molar-refractivity contribution in [1.29, 1.82) is 0 Å². The summed E-state index contributed by atoms with van der Waals surface area (Å²) in [5.74, 6) is 0.294. The molecule has 0 aromatic carbocycles. The lowest BCUT2D eigenvalue weighted by molar-refractivity contribution is 0.452. The molecule has 0 saturated heterocycles. The van der Waals surface area contributed by atoms with Crippen LogP contribution in [0.25, 0.3) is 22.6 Å². The van der Waals surface area contributed by atoms with E-state index in [0.717, 1.165) is 19.0 Å². The van der Waals surface area contributed by atoms with Crippen LogP contribution in [0.1, 0.15) is 50.0 Å². The minimum Gasteiger partial charge on any atom is -0.493 e. The van der Waals surface area contributed by atoms with Gasteiger partial charge >= 0.3 is 0 Å². The molecule has 14 heteroatoms. The monoisotopic (exact) mass is 509 g/mol. The maximum absolute atomic E-state index is 13.3. The van der Waals surface area contributed by atoms with Crippen molar-refractivity contribution in [2.75, 3.05) is 5.32 Å². The van der Waals surface area contributed by atoms with Gasteiger partial charge in [0.25, 0.3) is 5.56 Å². The molecule has 1 fully saturated rings. The number of fused-ring (bicyclic) bond motifs is 1. The van der Waals surface area contributed by atoms with E-state index in [1.807, 2.05) is 13.8 Å². The fraction of sp³-hybridized carbons (Fsp3) is 0.318. The summed E-state index contributed by atoms with van der Waals surface area (Å²) in [6, 6.07) is 2.57. The van der Waals surface area contributed by atoms with E-state index >= 15 is 0 Å². The van der Waals surface area contributed by atoms with Crippen LogP contribution in [-0.4, -0.2) is 48.0 Å². The predicted molar refractivity (Wildman–Crippen MR) is 130 cm³/mol. The Morgan fingerprint density at radius 3 is 2.56 bits per heavy atom. The number of rotatable bonds is 7. The number of aromatic nitrogens is 7. The van der Waals surface area contributed by atoms with E-state index < -0.39 is 15.6 Å². The predicted octanol–water partition coefficient (Wildman–Crippen LogP) is 1.46. The average molecular weight is 510 g/mol. The van der Waals surface area contributed by atoms with Crippen LogP contribution in [0.15, 0.2) is 40.5 Å². The van der Waals surface area contributed by atoms with Gasteiger partial charge in [0.2, 0.25) is 15.9 Å². The first-order chi connectivity index (χ1) is 17.1. The van der Waals surface area contributed by atoms with Gasteiger partial charge in [-0.3, -0.25) is 14.3 Å². The zero-order valence-electron chi connectivity index (χ0n) is 19.5. The Morgan fingerprint density at radius 1 is 1.14 bits per heavy atom. The fourth-order valence-corrected chi connectivity index (χ4v) is 4.30. The van der Waals surface area contributed by atoms with Crippen molar-refractivity contribution < 1.29 is 13.5 Å². The maximum Gasteiger partial charge on any atom is 0.295 e. The number of hydrogen-bond acceptors (Lipinski definition) is 11. The number of nitrogens with one attached hydrogen (secondary N) is 1. The van der Waals surface area contributed by atoms with Crippen LogP contribution in [0.5, 0.6) is 5.88 Å². The van der Waals surface area contributed by atoms with Crippen LogP contribution in [0.2, 0.25) is 0 Å². The van der Waals surface area contributed by atoms with Crippen LogP contribution in [0.4, 0.5) is 5.82 Å². The Morgan fingerprint density at radius 2 is 1.92 bits per heavy atom. The summed E-state index contributed by atoms with van der Waals surface area (Å²) >= 11 is 0. The number of pyridine rings is 1. The number of aromatic hydroxyl groups is 1. The van der Waals surface area contributed by atoms with Crippen molar-refractivity contribution in [3.05, 3.63) is 52.6 Å². The lowest BCUT2D eigenvalue weighted by Crippen LogP contribution is -2.27. The molecular formula is C22H23N9O4S. The highest BCUT2D eigenvalue weighted by Crippen LogP contribution is 2.44. The van der Waals surface area contributed by atoms with E-state index in [2.05, 4.69) is 35.2 Å². The van der Waals surface area contributed by atoms with Gasteiger partial charge in [-0.1, -0.05) is 0 Å². The lowest BCUT2D eigenvalue weighted by atomic mass is 10.1. The molecular weight excluding hydrogens is 486 g/mol. The van der Waals surface area contributed by atoms with E-state index in [-0.39, 0.29) is 40.9 Å². The Labute approximate surface area is 205 Å². The second-order valence-electron chi connectivity index (χ2n) is 8.75. The highest BCUT2D eigenvalue weighted by atomic mass is 32.2. The van der Waals surface area contributed by atoms with E-state index in [1.54, 1.807) is 0 Å². The molecule has 1 aliphatic rings. The van der Waals surface area contributed by atoms with Gasteiger partial charge in [-0.2, -0.15) is 0 Å². The Hall–Kier alpha value is -4.04. The molecule has 4 N–H and O–H groups in total. The van der Waals surface area contributed by atoms with Gasteiger partial charge in [-0.25, -0.2) is 38.5 Å². The molecule has 0 radical (unpaired) electrons. The lowest BCUT2D eigenvalue weighted by Gasteiger charge is -2.16. The summed E-state index contributed by atoms with van der Waals surface area (Å²) < 4.78 is 24.3. The van der Waals surface area contributed by atoms with E-state index in [4.69, 9.17) is 5.14 Å². The molecule has 186 valence electrons. The molecule has 36 heavy (non-hydrogen) atoms. The second-order valence-corrected chi connectivity index (χ2v) is 10.3. The Kier molecular flexibility index (Phi) is 5.84. The summed E-state index contributed by atoms with van der Waals surface area (Å²) in [6.45, 7) is 3.81. The van der Waals surface area contributed by atoms with Crippen molar-refractivity contribution in [3.63, 3.8) is 0 Å². The zero-order valence-corrected chi connectivity index (χ0v) is 20.3. The van der Waals surface area contributed by atoms with E-state index in [1.165, 1.54) is 29.2 Å². The van der Waals surface area contributed by atoms with Gasteiger partial charge in [-0.15, -0.1) is 0 Å². The smallest absolute Gasteiger partial charge is 0.295 e. The van der Waals surface area contributed by atoms with Crippen LogP contribution in [0, 0.1) is 0 Å². The number of anilines is 1. The van der Waals surface area contributed by atoms with Crippen LogP contribution >= 0.6 is 0 Å². The molecule has 1 aliphatic carbocycles. The molecule has 0 bridgehead atoms. The third-order valence-electron chi connectivity index (χ3n) is 5.76. The van der Waals surface area contributed by atoms with Crippen LogP contribution in [-0.2, 0) is 16.6 Å². The third-order valence-corrected chi connectivity index (χ3v) is 6.65. The topological polar surface area (TPSA) is 192 Å². The molecule has 0 atom stereocenters. The molecule has 0 aliphatic heterocycles. The number of primary sulfonamides is 1. The molecule has 0 amide bonds. The van der Waals surface area contributed by atoms with Gasteiger partial charge in [-0.05, 0) is 38.8 Å². The Bertz CT molecular complexity index is 1630. The number of nitrogens with zero attached hydrogens (tertiary/aromatic N) is 7. The van der Waals surface area contributed by atoms with Gasteiger partial charge in [0.05, 0.1) is 24.1 Å².